The van der Waals surface area contributed by atoms with Gasteiger partial charge in [-0.05, 0) is 36.8 Å². The van der Waals surface area contributed by atoms with Crippen molar-refractivity contribution in [1.29, 1.82) is 0 Å². The van der Waals surface area contributed by atoms with Crippen LogP contribution in [-0.2, 0) is 0 Å². The molecule has 0 radical (unpaired) electrons. The monoisotopic (exact) mass is 398 g/mol. The number of hydrogen-bond acceptors (Lipinski definition) is 3. The number of halogens is 1. The van der Waals surface area contributed by atoms with Crippen LogP contribution >= 0.6 is 0 Å². The van der Waals surface area contributed by atoms with Gasteiger partial charge < -0.3 is 4.74 Å². The first-order valence-electron chi connectivity index (χ1n) is 10.5. The number of benzene rings is 2. The molecule has 0 spiro atoms. The molecule has 0 fully saturated rings. The number of ether oxygens (including phenoxy) is 1. The van der Waals surface area contributed by atoms with Crippen molar-refractivity contribution in [1.82, 2.24) is 5.43 Å². The van der Waals surface area contributed by atoms with E-state index in [2.05, 4.69) is 17.5 Å². The van der Waals surface area contributed by atoms with Crippen molar-refractivity contribution in [2.24, 2.45) is 5.10 Å². The molecule has 4 nitrogen and oxygen atoms in total. The molecule has 0 heterocycles. The predicted molar refractivity (Wildman–Crippen MR) is 116 cm³/mol. The zero-order valence-corrected chi connectivity index (χ0v) is 17.2. The molecule has 2 rings (SSSR count). The first kappa shape index (κ1) is 22.6. The zero-order valence-electron chi connectivity index (χ0n) is 17.2. The summed E-state index contributed by atoms with van der Waals surface area (Å²) in [7, 11) is 0. The van der Waals surface area contributed by atoms with Crippen LogP contribution in [-0.4, -0.2) is 18.7 Å². The van der Waals surface area contributed by atoms with Crippen LogP contribution in [0.5, 0.6) is 5.75 Å². The van der Waals surface area contributed by atoms with Crippen molar-refractivity contribution in [3.63, 3.8) is 0 Å². The summed E-state index contributed by atoms with van der Waals surface area (Å²) in [6.07, 6.45) is 11.4. The molecule has 2 aromatic carbocycles. The molecule has 0 unspecified atom stereocenters. The van der Waals surface area contributed by atoms with E-state index in [-0.39, 0.29) is 11.7 Å². The van der Waals surface area contributed by atoms with E-state index in [0.717, 1.165) is 12.2 Å². The number of hydrogen-bond donors (Lipinski definition) is 1. The highest BCUT2D eigenvalue weighted by Crippen LogP contribution is 2.14. The van der Waals surface area contributed by atoms with Gasteiger partial charge >= 0.3 is 0 Å². The largest absolute Gasteiger partial charge is 0.494 e. The van der Waals surface area contributed by atoms with E-state index < -0.39 is 0 Å². The van der Waals surface area contributed by atoms with Crippen LogP contribution in [0.1, 0.15) is 74.2 Å². The molecule has 0 aromatic heterocycles. The van der Waals surface area contributed by atoms with E-state index in [4.69, 9.17) is 4.74 Å². The highest BCUT2D eigenvalue weighted by atomic mass is 19.1. The molecule has 1 N–H and O–H groups in total. The van der Waals surface area contributed by atoms with E-state index in [1.807, 2.05) is 0 Å². The Balaban J connectivity index is 1.65. The van der Waals surface area contributed by atoms with Crippen molar-refractivity contribution in [3.05, 3.63) is 65.5 Å². The van der Waals surface area contributed by atoms with Crippen LogP contribution in [0.3, 0.4) is 0 Å². The van der Waals surface area contributed by atoms with Gasteiger partial charge in [0.1, 0.15) is 11.6 Å². The number of nitrogens with one attached hydrogen (secondary N) is 1. The SMILES string of the molecule is CCCCCCCCCCOc1ccc(C(=O)N/N=C/c2ccccc2F)cc1. The summed E-state index contributed by atoms with van der Waals surface area (Å²) in [5, 5.41) is 3.81. The van der Waals surface area contributed by atoms with Crippen LogP contribution in [0.4, 0.5) is 4.39 Å². The Morgan fingerprint density at radius 1 is 0.966 bits per heavy atom. The third-order valence-electron chi connectivity index (χ3n) is 4.66. The second kappa shape index (κ2) is 13.5. The molecule has 0 aliphatic rings. The molecule has 0 aliphatic carbocycles. The average molecular weight is 399 g/mol. The van der Waals surface area contributed by atoms with Gasteiger partial charge in [0.25, 0.3) is 5.91 Å². The van der Waals surface area contributed by atoms with Gasteiger partial charge in [-0.25, -0.2) is 9.82 Å². The smallest absolute Gasteiger partial charge is 0.271 e. The number of hydrazone groups is 1. The minimum absolute atomic E-state index is 0.317. The molecular formula is C24H31FN2O2. The molecule has 1 amide bonds. The lowest BCUT2D eigenvalue weighted by atomic mass is 10.1. The average Bonchev–Trinajstić information content (AvgIpc) is 2.74. The van der Waals surface area contributed by atoms with Crippen LogP contribution in [0, 0.1) is 5.82 Å². The quantitative estimate of drug-likeness (QED) is 0.251. The van der Waals surface area contributed by atoms with Gasteiger partial charge in [-0.15, -0.1) is 0 Å². The van der Waals surface area contributed by atoms with Crippen molar-refractivity contribution < 1.29 is 13.9 Å². The third-order valence-corrected chi connectivity index (χ3v) is 4.66. The van der Waals surface area contributed by atoms with Crippen molar-refractivity contribution >= 4 is 12.1 Å². The van der Waals surface area contributed by atoms with Crippen molar-refractivity contribution in [3.8, 4) is 5.75 Å². The summed E-state index contributed by atoms with van der Waals surface area (Å²) in [4.78, 5) is 12.1. The number of amides is 1. The van der Waals surface area contributed by atoms with Gasteiger partial charge in [0.15, 0.2) is 0 Å². The summed E-state index contributed by atoms with van der Waals surface area (Å²) in [5.74, 6) is 0.00931. The van der Waals surface area contributed by atoms with E-state index in [1.165, 1.54) is 57.2 Å². The lowest BCUT2D eigenvalue weighted by Gasteiger charge is -2.07. The molecule has 29 heavy (non-hydrogen) atoms. The Morgan fingerprint density at radius 2 is 1.62 bits per heavy atom. The highest BCUT2D eigenvalue weighted by Gasteiger charge is 2.05. The molecule has 0 atom stereocenters. The second-order valence-electron chi connectivity index (χ2n) is 7.07. The minimum atomic E-state index is -0.386. The minimum Gasteiger partial charge on any atom is -0.494 e. The molecule has 156 valence electrons. The Bertz CT molecular complexity index is 760. The van der Waals surface area contributed by atoms with Crippen molar-refractivity contribution in [2.45, 2.75) is 58.3 Å². The van der Waals surface area contributed by atoms with Gasteiger partial charge in [0.05, 0.1) is 12.8 Å². The van der Waals surface area contributed by atoms with E-state index >= 15 is 0 Å². The molecule has 5 heteroatoms. The summed E-state index contributed by atoms with van der Waals surface area (Å²) in [6, 6.07) is 13.2. The maximum absolute atomic E-state index is 13.5. The first-order valence-corrected chi connectivity index (χ1v) is 10.5. The zero-order chi connectivity index (χ0) is 20.7. The predicted octanol–water partition coefficient (Wildman–Crippen LogP) is 6.11. The van der Waals surface area contributed by atoms with E-state index in [0.29, 0.717) is 17.7 Å². The van der Waals surface area contributed by atoms with E-state index in [1.54, 1.807) is 42.5 Å². The lowest BCUT2D eigenvalue weighted by Crippen LogP contribution is -2.17. The summed E-state index contributed by atoms with van der Waals surface area (Å²) in [6.45, 7) is 2.92. The van der Waals surface area contributed by atoms with Crippen LogP contribution in [0.25, 0.3) is 0 Å². The fraction of sp³-hybridized carbons (Fsp3) is 0.417. The molecule has 0 saturated heterocycles. The second-order valence-corrected chi connectivity index (χ2v) is 7.07. The molecule has 0 saturated carbocycles. The Morgan fingerprint density at radius 3 is 2.31 bits per heavy atom. The third kappa shape index (κ3) is 8.90. The number of rotatable bonds is 13. The summed E-state index contributed by atoms with van der Waals surface area (Å²) in [5.41, 5.74) is 3.19. The number of unbranched alkanes of at least 4 members (excludes halogenated alkanes) is 7. The highest BCUT2D eigenvalue weighted by molar-refractivity contribution is 5.95. The van der Waals surface area contributed by atoms with Gasteiger partial charge in [0, 0.05) is 11.1 Å². The fourth-order valence-corrected chi connectivity index (χ4v) is 2.93. The Labute approximate surface area is 173 Å². The Kier molecular flexibility index (Phi) is 10.5. The van der Waals surface area contributed by atoms with Crippen LogP contribution in [0.15, 0.2) is 53.6 Å². The van der Waals surface area contributed by atoms with Crippen molar-refractivity contribution in [2.75, 3.05) is 6.61 Å². The number of nitrogens with zero attached hydrogens (tertiary/aromatic N) is 1. The first-order chi connectivity index (χ1) is 14.2. The van der Waals surface area contributed by atoms with Crippen LogP contribution in [0.2, 0.25) is 0 Å². The standard InChI is InChI=1S/C24H31FN2O2/c1-2-3-4-5-6-7-8-11-18-29-22-16-14-20(15-17-22)24(28)27-26-19-21-12-9-10-13-23(21)25/h9-10,12-17,19H,2-8,11,18H2,1H3,(H,27,28)/b26-19+. The molecule has 0 bridgehead atoms. The number of carbonyl (C=O) groups excluding carboxylic acids is 1. The Hall–Kier alpha value is -2.69. The molecular weight excluding hydrogens is 367 g/mol. The lowest BCUT2D eigenvalue weighted by molar-refractivity contribution is 0.0955. The van der Waals surface area contributed by atoms with Gasteiger partial charge in [-0.1, -0.05) is 70.1 Å². The topological polar surface area (TPSA) is 50.7 Å². The van der Waals surface area contributed by atoms with Gasteiger partial charge in [0.2, 0.25) is 0 Å². The summed E-state index contributed by atoms with van der Waals surface area (Å²) < 4.78 is 19.2. The maximum atomic E-state index is 13.5. The normalized spacial score (nSPS) is 11.0. The summed E-state index contributed by atoms with van der Waals surface area (Å²) >= 11 is 0. The molecule has 0 aliphatic heterocycles. The molecule has 2 aromatic rings. The fourth-order valence-electron chi connectivity index (χ4n) is 2.93. The van der Waals surface area contributed by atoms with Gasteiger partial charge in [-0.2, -0.15) is 5.10 Å². The van der Waals surface area contributed by atoms with Gasteiger partial charge in [-0.3, -0.25) is 4.79 Å². The van der Waals surface area contributed by atoms with Crippen LogP contribution < -0.4 is 10.2 Å². The maximum Gasteiger partial charge on any atom is 0.271 e. The van der Waals surface area contributed by atoms with E-state index in [9.17, 15) is 9.18 Å². The number of carbonyl (C=O) groups is 1.